The summed E-state index contributed by atoms with van der Waals surface area (Å²) in [5, 5.41) is 0. The molecule has 0 spiro atoms. The van der Waals surface area contributed by atoms with Crippen LogP contribution in [0.3, 0.4) is 0 Å². The van der Waals surface area contributed by atoms with Gasteiger partial charge in [-0.25, -0.2) is 0 Å². The third-order valence-electron chi connectivity index (χ3n) is 1.72. The monoisotopic (exact) mass is 160 g/mol. The average Bonchev–Trinajstić information content (AvgIpc) is 2.05. The molecular weight excluding hydrogens is 144 g/mol. The Morgan fingerprint density at radius 1 is 1.17 bits per heavy atom. The molecule has 0 heterocycles. The maximum absolute atomic E-state index is 2.24. The Kier molecular flexibility index (Phi) is 3.59. The SMILES string of the molecule is CC(C)C/C=C\c1ccccc1. The minimum Gasteiger partial charge on any atom is -0.0837 e. The number of allylic oxidation sites excluding steroid dienone is 1. The highest BCUT2D eigenvalue weighted by atomic mass is 13.9. The molecule has 0 aliphatic carbocycles. The van der Waals surface area contributed by atoms with Crippen molar-refractivity contribution in [1.82, 2.24) is 0 Å². The van der Waals surface area contributed by atoms with E-state index in [0.29, 0.717) is 0 Å². The smallest absolute Gasteiger partial charge is 0.0260 e. The van der Waals surface area contributed by atoms with E-state index in [1.165, 1.54) is 5.56 Å². The van der Waals surface area contributed by atoms with Crippen molar-refractivity contribution in [2.45, 2.75) is 20.3 Å². The second-order valence-corrected chi connectivity index (χ2v) is 3.44. The van der Waals surface area contributed by atoms with E-state index < -0.39 is 0 Å². The summed E-state index contributed by atoms with van der Waals surface area (Å²) in [5.74, 6) is 0.755. The molecule has 0 bridgehead atoms. The molecule has 0 aliphatic rings. The van der Waals surface area contributed by atoms with Crippen molar-refractivity contribution in [3.05, 3.63) is 42.0 Å². The Balaban J connectivity index is 2.47. The van der Waals surface area contributed by atoms with Crippen molar-refractivity contribution in [3.8, 4) is 0 Å². The predicted molar refractivity (Wildman–Crippen MR) is 54.9 cm³/mol. The molecule has 0 radical (unpaired) electrons. The molecule has 0 nitrogen and oxygen atoms in total. The first-order valence-electron chi connectivity index (χ1n) is 4.50. The zero-order valence-electron chi connectivity index (χ0n) is 7.83. The Morgan fingerprint density at radius 2 is 1.83 bits per heavy atom. The van der Waals surface area contributed by atoms with Crippen molar-refractivity contribution in [1.29, 1.82) is 0 Å². The summed E-state index contributed by atoms with van der Waals surface area (Å²) in [6, 6.07) is 10.4. The van der Waals surface area contributed by atoms with Gasteiger partial charge in [-0.1, -0.05) is 56.3 Å². The van der Waals surface area contributed by atoms with Crippen molar-refractivity contribution in [2.75, 3.05) is 0 Å². The first-order valence-corrected chi connectivity index (χ1v) is 4.50. The lowest BCUT2D eigenvalue weighted by Gasteiger charge is -1.96. The lowest BCUT2D eigenvalue weighted by Crippen LogP contribution is -1.80. The van der Waals surface area contributed by atoms with Gasteiger partial charge in [-0.2, -0.15) is 0 Å². The average molecular weight is 160 g/mol. The maximum Gasteiger partial charge on any atom is -0.0260 e. The minimum absolute atomic E-state index is 0.755. The fraction of sp³-hybridized carbons (Fsp3) is 0.333. The number of benzene rings is 1. The van der Waals surface area contributed by atoms with Crippen LogP contribution in [-0.2, 0) is 0 Å². The van der Waals surface area contributed by atoms with Crippen molar-refractivity contribution >= 4 is 6.08 Å². The fourth-order valence-electron chi connectivity index (χ4n) is 1.04. The molecule has 0 atom stereocenters. The quantitative estimate of drug-likeness (QED) is 0.631. The third kappa shape index (κ3) is 3.38. The van der Waals surface area contributed by atoms with Crippen molar-refractivity contribution < 1.29 is 0 Å². The summed E-state index contributed by atoms with van der Waals surface area (Å²) in [6.07, 6.45) is 5.58. The van der Waals surface area contributed by atoms with Gasteiger partial charge in [0.05, 0.1) is 0 Å². The first kappa shape index (κ1) is 9.05. The fourth-order valence-corrected chi connectivity index (χ4v) is 1.04. The van der Waals surface area contributed by atoms with E-state index in [1.54, 1.807) is 0 Å². The molecule has 12 heavy (non-hydrogen) atoms. The molecule has 1 aromatic rings. The van der Waals surface area contributed by atoms with Crippen LogP contribution in [0.5, 0.6) is 0 Å². The van der Waals surface area contributed by atoms with Gasteiger partial charge in [0.15, 0.2) is 0 Å². The standard InChI is InChI=1S/C12H16/c1-11(2)7-6-10-12-8-4-3-5-9-12/h3-6,8-11H,7H2,1-2H3/b10-6-. The first-order chi connectivity index (χ1) is 5.79. The number of rotatable bonds is 3. The van der Waals surface area contributed by atoms with E-state index in [-0.39, 0.29) is 0 Å². The minimum atomic E-state index is 0.755. The van der Waals surface area contributed by atoms with E-state index in [4.69, 9.17) is 0 Å². The zero-order valence-corrected chi connectivity index (χ0v) is 7.83. The molecule has 0 heteroatoms. The van der Waals surface area contributed by atoms with Crippen LogP contribution in [0.1, 0.15) is 25.8 Å². The second-order valence-electron chi connectivity index (χ2n) is 3.44. The molecular formula is C12H16. The summed E-state index contributed by atoms with van der Waals surface area (Å²) < 4.78 is 0. The van der Waals surface area contributed by atoms with Crippen LogP contribution in [0.2, 0.25) is 0 Å². The second kappa shape index (κ2) is 4.76. The van der Waals surface area contributed by atoms with Gasteiger partial charge in [0.25, 0.3) is 0 Å². The van der Waals surface area contributed by atoms with Gasteiger partial charge in [0.1, 0.15) is 0 Å². The molecule has 0 aromatic heterocycles. The summed E-state index contributed by atoms with van der Waals surface area (Å²) in [5.41, 5.74) is 1.29. The van der Waals surface area contributed by atoms with Crippen molar-refractivity contribution in [3.63, 3.8) is 0 Å². The van der Waals surface area contributed by atoms with Crippen LogP contribution in [0.25, 0.3) is 6.08 Å². The molecule has 0 fully saturated rings. The van der Waals surface area contributed by atoms with Crippen LogP contribution in [0, 0.1) is 5.92 Å². The Morgan fingerprint density at radius 3 is 2.42 bits per heavy atom. The zero-order chi connectivity index (χ0) is 8.81. The third-order valence-corrected chi connectivity index (χ3v) is 1.72. The molecule has 0 unspecified atom stereocenters. The van der Waals surface area contributed by atoms with E-state index in [1.807, 2.05) is 6.07 Å². The molecule has 1 aromatic carbocycles. The topological polar surface area (TPSA) is 0 Å². The van der Waals surface area contributed by atoms with E-state index >= 15 is 0 Å². The Labute approximate surface area is 74.9 Å². The normalized spacial score (nSPS) is 11.2. The molecule has 0 aliphatic heterocycles. The van der Waals surface area contributed by atoms with Gasteiger partial charge in [-0.3, -0.25) is 0 Å². The Hall–Kier alpha value is -1.04. The summed E-state index contributed by atoms with van der Waals surface area (Å²) in [6.45, 7) is 4.46. The van der Waals surface area contributed by atoms with Gasteiger partial charge in [-0.05, 0) is 17.9 Å². The van der Waals surface area contributed by atoms with E-state index in [9.17, 15) is 0 Å². The lowest BCUT2D eigenvalue weighted by molar-refractivity contribution is 0.665. The van der Waals surface area contributed by atoms with Gasteiger partial charge in [0, 0.05) is 0 Å². The van der Waals surface area contributed by atoms with E-state index in [0.717, 1.165) is 12.3 Å². The summed E-state index contributed by atoms with van der Waals surface area (Å²) in [4.78, 5) is 0. The van der Waals surface area contributed by atoms with Crippen LogP contribution >= 0.6 is 0 Å². The van der Waals surface area contributed by atoms with Crippen molar-refractivity contribution in [2.24, 2.45) is 5.92 Å². The molecule has 0 saturated carbocycles. The highest BCUT2D eigenvalue weighted by molar-refractivity contribution is 5.48. The van der Waals surface area contributed by atoms with E-state index in [2.05, 4.69) is 50.3 Å². The summed E-state index contributed by atoms with van der Waals surface area (Å²) >= 11 is 0. The highest BCUT2D eigenvalue weighted by Gasteiger charge is 1.87. The molecule has 0 amide bonds. The predicted octanol–water partition coefficient (Wildman–Crippen LogP) is 3.75. The maximum atomic E-state index is 2.24. The Bertz CT molecular complexity index is 231. The molecule has 1 rings (SSSR count). The van der Waals surface area contributed by atoms with Gasteiger partial charge in [0.2, 0.25) is 0 Å². The van der Waals surface area contributed by atoms with Crippen LogP contribution < -0.4 is 0 Å². The molecule has 64 valence electrons. The molecule has 0 saturated heterocycles. The molecule has 0 N–H and O–H groups in total. The largest absolute Gasteiger partial charge is 0.0837 e. The van der Waals surface area contributed by atoms with Crippen LogP contribution in [0.4, 0.5) is 0 Å². The van der Waals surface area contributed by atoms with Gasteiger partial charge < -0.3 is 0 Å². The summed E-state index contributed by atoms with van der Waals surface area (Å²) in [7, 11) is 0. The highest BCUT2D eigenvalue weighted by Crippen LogP contribution is 2.05. The lowest BCUT2D eigenvalue weighted by atomic mass is 10.1. The van der Waals surface area contributed by atoms with Crippen LogP contribution in [-0.4, -0.2) is 0 Å². The van der Waals surface area contributed by atoms with Crippen LogP contribution in [0.15, 0.2) is 36.4 Å². The van der Waals surface area contributed by atoms with Gasteiger partial charge >= 0.3 is 0 Å². The number of hydrogen-bond donors (Lipinski definition) is 0. The number of hydrogen-bond acceptors (Lipinski definition) is 0. The van der Waals surface area contributed by atoms with Gasteiger partial charge in [-0.15, -0.1) is 0 Å².